The van der Waals surface area contributed by atoms with Gasteiger partial charge < -0.3 is 5.32 Å². The fraction of sp³-hybridized carbons (Fsp3) is 0.267. The molecule has 2 aromatic rings. The molecule has 0 aliphatic heterocycles. The third kappa shape index (κ3) is 3.40. The van der Waals surface area contributed by atoms with Gasteiger partial charge >= 0.3 is 0 Å². The Kier molecular flexibility index (Phi) is 4.67. The van der Waals surface area contributed by atoms with Gasteiger partial charge in [0.05, 0.1) is 0 Å². The molecule has 1 heterocycles. The van der Waals surface area contributed by atoms with Crippen molar-refractivity contribution in [2.24, 2.45) is 0 Å². The molecule has 19 heavy (non-hydrogen) atoms. The Morgan fingerprint density at radius 2 is 2.16 bits per heavy atom. The van der Waals surface area contributed by atoms with E-state index in [-0.39, 0.29) is 5.82 Å². The van der Waals surface area contributed by atoms with Gasteiger partial charge in [0.1, 0.15) is 16.8 Å². The Morgan fingerprint density at radius 3 is 2.79 bits per heavy atom. The van der Waals surface area contributed by atoms with Crippen LogP contribution in [0.25, 0.3) is 10.4 Å². The lowest BCUT2D eigenvalue weighted by Gasteiger charge is -2.06. The van der Waals surface area contributed by atoms with Crippen LogP contribution in [-0.2, 0) is 6.54 Å². The van der Waals surface area contributed by atoms with Crippen LogP contribution >= 0.6 is 11.3 Å². The van der Waals surface area contributed by atoms with Gasteiger partial charge in [0.2, 0.25) is 0 Å². The fourth-order valence-electron chi connectivity index (χ4n) is 1.82. The summed E-state index contributed by atoms with van der Waals surface area (Å²) in [5.74, 6) is -0.234. The zero-order valence-electron chi connectivity index (χ0n) is 10.7. The number of benzene rings is 1. The largest absolute Gasteiger partial charge is 0.313 e. The summed E-state index contributed by atoms with van der Waals surface area (Å²) >= 11 is 1.31. The first kappa shape index (κ1) is 13.7. The summed E-state index contributed by atoms with van der Waals surface area (Å²) < 4.78 is 14.1. The predicted octanol–water partition coefficient (Wildman–Crippen LogP) is 3.93. The lowest BCUT2D eigenvalue weighted by atomic mass is 10.1. The van der Waals surface area contributed by atoms with Gasteiger partial charge in [-0.15, -0.1) is 11.3 Å². The number of rotatable bonds is 5. The van der Waals surface area contributed by atoms with Crippen LogP contribution in [0.1, 0.15) is 23.8 Å². The zero-order valence-corrected chi connectivity index (χ0v) is 11.6. The summed E-state index contributed by atoms with van der Waals surface area (Å²) in [6, 6.07) is 10.8. The van der Waals surface area contributed by atoms with Crippen molar-refractivity contribution in [1.82, 2.24) is 5.32 Å². The molecule has 0 aliphatic carbocycles. The van der Waals surface area contributed by atoms with Gasteiger partial charge in [-0.3, -0.25) is 0 Å². The van der Waals surface area contributed by atoms with Gasteiger partial charge in [-0.25, -0.2) is 4.39 Å². The maximum absolute atomic E-state index is 14.1. The number of hydrogen-bond donors (Lipinski definition) is 1. The van der Waals surface area contributed by atoms with E-state index in [2.05, 4.69) is 18.3 Å². The van der Waals surface area contributed by atoms with E-state index in [4.69, 9.17) is 5.26 Å². The second-order valence-corrected chi connectivity index (χ2v) is 5.35. The van der Waals surface area contributed by atoms with Crippen LogP contribution in [0, 0.1) is 17.1 Å². The van der Waals surface area contributed by atoms with E-state index in [9.17, 15) is 4.39 Å². The SMILES string of the molecule is CCCNCc1ccc(-c2ccc(C#N)s2)c(F)c1. The summed E-state index contributed by atoms with van der Waals surface area (Å²) in [5, 5.41) is 12.0. The summed E-state index contributed by atoms with van der Waals surface area (Å²) in [6.07, 6.45) is 1.06. The van der Waals surface area contributed by atoms with Gasteiger partial charge in [-0.05, 0) is 36.7 Å². The van der Waals surface area contributed by atoms with Crippen LogP contribution in [0.3, 0.4) is 0 Å². The van der Waals surface area contributed by atoms with E-state index in [1.807, 2.05) is 6.07 Å². The number of halogens is 1. The minimum Gasteiger partial charge on any atom is -0.313 e. The average molecular weight is 274 g/mol. The highest BCUT2D eigenvalue weighted by Gasteiger charge is 2.08. The molecule has 0 unspecified atom stereocenters. The molecule has 0 atom stereocenters. The first-order chi connectivity index (χ1) is 9.24. The summed E-state index contributed by atoms with van der Waals surface area (Å²) in [4.78, 5) is 1.39. The van der Waals surface area contributed by atoms with Gasteiger partial charge in [0.15, 0.2) is 0 Å². The molecule has 2 nitrogen and oxygen atoms in total. The first-order valence-electron chi connectivity index (χ1n) is 6.24. The Hall–Kier alpha value is -1.70. The predicted molar refractivity (Wildman–Crippen MR) is 76.4 cm³/mol. The molecular formula is C15H15FN2S. The fourth-order valence-corrected chi connectivity index (χ4v) is 2.65. The molecule has 0 saturated carbocycles. The van der Waals surface area contributed by atoms with Crippen molar-refractivity contribution in [3.8, 4) is 16.5 Å². The van der Waals surface area contributed by atoms with Crippen molar-refractivity contribution in [3.63, 3.8) is 0 Å². The van der Waals surface area contributed by atoms with Crippen molar-refractivity contribution >= 4 is 11.3 Å². The van der Waals surface area contributed by atoms with E-state index in [0.717, 1.165) is 23.4 Å². The number of nitrogens with zero attached hydrogens (tertiary/aromatic N) is 1. The molecule has 4 heteroatoms. The zero-order chi connectivity index (χ0) is 13.7. The number of thiophene rings is 1. The van der Waals surface area contributed by atoms with Crippen LogP contribution < -0.4 is 5.32 Å². The normalized spacial score (nSPS) is 10.4. The Labute approximate surface area is 116 Å². The summed E-state index contributed by atoms with van der Waals surface area (Å²) in [5.41, 5.74) is 1.50. The standard InChI is InChI=1S/C15H15FN2S/c1-2-7-18-10-11-3-5-13(14(16)8-11)15-6-4-12(9-17)19-15/h3-6,8,18H,2,7,10H2,1H3. The second-order valence-electron chi connectivity index (χ2n) is 4.27. The minimum atomic E-state index is -0.234. The Bertz CT molecular complexity index is 598. The molecule has 0 fully saturated rings. The molecule has 98 valence electrons. The Balaban J connectivity index is 2.17. The monoisotopic (exact) mass is 274 g/mol. The van der Waals surface area contributed by atoms with Crippen LogP contribution in [0.5, 0.6) is 0 Å². The van der Waals surface area contributed by atoms with Crippen molar-refractivity contribution < 1.29 is 4.39 Å². The van der Waals surface area contributed by atoms with Crippen LogP contribution in [-0.4, -0.2) is 6.54 Å². The molecule has 2 rings (SSSR count). The van der Waals surface area contributed by atoms with Crippen LogP contribution in [0.15, 0.2) is 30.3 Å². The molecule has 0 amide bonds. The molecule has 1 aromatic heterocycles. The molecule has 1 aromatic carbocycles. The molecule has 0 saturated heterocycles. The molecule has 0 spiro atoms. The maximum atomic E-state index is 14.1. The highest BCUT2D eigenvalue weighted by atomic mass is 32.1. The molecule has 0 radical (unpaired) electrons. The molecular weight excluding hydrogens is 259 g/mol. The van der Waals surface area contributed by atoms with E-state index < -0.39 is 0 Å². The minimum absolute atomic E-state index is 0.234. The third-order valence-electron chi connectivity index (χ3n) is 2.77. The second kappa shape index (κ2) is 6.46. The van der Waals surface area contributed by atoms with E-state index in [1.165, 1.54) is 11.3 Å². The van der Waals surface area contributed by atoms with Crippen molar-refractivity contribution in [1.29, 1.82) is 5.26 Å². The molecule has 0 bridgehead atoms. The van der Waals surface area contributed by atoms with Crippen molar-refractivity contribution in [3.05, 3.63) is 46.6 Å². The topological polar surface area (TPSA) is 35.8 Å². The number of nitriles is 1. The maximum Gasteiger partial charge on any atom is 0.132 e. The highest BCUT2D eigenvalue weighted by molar-refractivity contribution is 7.16. The molecule has 1 N–H and O–H groups in total. The smallest absolute Gasteiger partial charge is 0.132 e. The Morgan fingerprint density at radius 1 is 1.32 bits per heavy atom. The first-order valence-corrected chi connectivity index (χ1v) is 7.05. The van der Waals surface area contributed by atoms with Crippen LogP contribution in [0.4, 0.5) is 4.39 Å². The van der Waals surface area contributed by atoms with E-state index >= 15 is 0 Å². The number of nitrogens with one attached hydrogen (secondary N) is 1. The van der Waals surface area contributed by atoms with E-state index in [1.54, 1.807) is 24.3 Å². The van der Waals surface area contributed by atoms with Gasteiger partial charge in [-0.2, -0.15) is 5.26 Å². The molecule has 0 aliphatic rings. The summed E-state index contributed by atoms with van der Waals surface area (Å²) in [7, 11) is 0. The summed E-state index contributed by atoms with van der Waals surface area (Å²) in [6.45, 7) is 3.71. The lowest BCUT2D eigenvalue weighted by Crippen LogP contribution is -2.13. The van der Waals surface area contributed by atoms with Gasteiger partial charge in [0.25, 0.3) is 0 Å². The lowest BCUT2D eigenvalue weighted by molar-refractivity contribution is 0.622. The quantitative estimate of drug-likeness (QED) is 0.839. The number of hydrogen-bond acceptors (Lipinski definition) is 3. The van der Waals surface area contributed by atoms with Crippen molar-refractivity contribution in [2.75, 3.05) is 6.54 Å². The third-order valence-corrected chi connectivity index (χ3v) is 3.79. The van der Waals surface area contributed by atoms with Crippen LogP contribution in [0.2, 0.25) is 0 Å². The van der Waals surface area contributed by atoms with Gasteiger partial charge in [0, 0.05) is 17.0 Å². The van der Waals surface area contributed by atoms with Gasteiger partial charge in [-0.1, -0.05) is 19.1 Å². The van der Waals surface area contributed by atoms with Crippen molar-refractivity contribution in [2.45, 2.75) is 19.9 Å². The van der Waals surface area contributed by atoms with E-state index in [0.29, 0.717) is 17.0 Å². The average Bonchev–Trinajstić information content (AvgIpc) is 2.88. The highest BCUT2D eigenvalue weighted by Crippen LogP contribution is 2.30.